The SMILES string of the molecule is CC(C)=CCc1cn(Cc2ccccc2C(=O)O)c2ccc(OCC(=O)Nc3ccc(Cl)cc3Cl)cc12. The Morgan fingerprint density at radius 2 is 1.81 bits per heavy atom. The van der Waals surface area contributed by atoms with Gasteiger partial charge in [-0.1, -0.05) is 53.1 Å². The van der Waals surface area contributed by atoms with Crippen molar-refractivity contribution in [1.29, 1.82) is 0 Å². The van der Waals surface area contributed by atoms with Gasteiger partial charge in [0, 0.05) is 28.7 Å². The Hall–Kier alpha value is -3.74. The predicted molar refractivity (Wildman–Crippen MR) is 148 cm³/mol. The fourth-order valence-corrected chi connectivity index (χ4v) is 4.48. The molecule has 0 spiro atoms. The van der Waals surface area contributed by atoms with Gasteiger partial charge in [0.15, 0.2) is 6.61 Å². The lowest BCUT2D eigenvalue weighted by atomic mass is 10.1. The number of nitrogens with zero attached hydrogens (tertiary/aromatic N) is 1. The highest BCUT2D eigenvalue weighted by Crippen LogP contribution is 2.29. The summed E-state index contributed by atoms with van der Waals surface area (Å²) in [5, 5.41) is 14.1. The molecule has 0 saturated carbocycles. The van der Waals surface area contributed by atoms with E-state index in [0.717, 1.165) is 22.0 Å². The molecule has 1 aromatic heterocycles. The first-order chi connectivity index (χ1) is 17.7. The van der Waals surface area contributed by atoms with Crippen molar-refractivity contribution in [2.24, 2.45) is 0 Å². The summed E-state index contributed by atoms with van der Waals surface area (Å²) in [6.45, 7) is 4.31. The van der Waals surface area contributed by atoms with Crippen molar-refractivity contribution < 1.29 is 19.4 Å². The first kappa shape index (κ1) is 26.3. The van der Waals surface area contributed by atoms with Crippen LogP contribution in [0.25, 0.3) is 10.9 Å². The zero-order valence-electron chi connectivity index (χ0n) is 20.4. The van der Waals surface area contributed by atoms with Crippen LogP contribution in [0.4, 0.5) is 5.69 Å². The summed E-state index contributed by atoms with van der Waals surface area (Å²) in [6, 6.07) is 17.5. The molecule has 1 amide bonds. The normalized spacial score (nSPS) is 10.8. The monoisotopic (exact) mass is 536 g/mol. The van der Waals surface area contributed by atoms with Crippen LogP contribution in [-0.4, -0.2) is 28.2 Å². The molecule has 8 heteroatoms. The Morgan fingerprint density at radius 3 is 2.54 bits per heavy atom. The molecule has 0 saturated heterocycles. The third-order valence-corrected chi connectivity index (χ3v) is 6.38. The number of allylic oxidation sites excluding steroid dienone is 2. The average Bonchev–Trinajstić information content (AvgIpc) is 3.20. The highest BCUT2D eigenvalue weighted by molar-refractivity contribution is 6.36. The second kappa shape index (κ2) is 11.5. The predicted octanol–water partition coefficient (Wildman–Crippen LogP) is 7.22. The Balaban J connectivity index is 1.58. The quantitative estimate of drug-likeness (QED) is 0.221. The second-order valence-electron chi connectivity index (χ2n) is 8.87. The number of hydrogen-bond acceptors (Lipinski definition) is 3. The van der Waals surface area contributed by atoms with E-state index in [-0.39, 0.29) is 18.1 Å². The minimum absolute atomic E-state index is 0.194. The number of nitrogens with one attached hydrogen (secondary N) is 1. The van der Waals surface area contributed by atoms with E-state index in [1.807, 2.05) is 48.9 Å². The van der Waals surface area contributed by atoms with Crippen LogP contribution >= 0.6 is 23.2 Å². The smallest absolute Gasteiger partial charge is 0.336 e. The van der Waals surface area contributed by atoms with Crippen molar-refractivity contribution in [1.82, 2.24) is 4.57 Å². The van der Waals surface area contributed by atoms with E-state index in [0.29, 0.717) is 34.4 Å². The number of carbonyl (C=O) groups is 2. The maximum absolute atomic E-state index is 12.4. The van der Waals surface area contributed by atoms with Gasteiger partial charge < -0.3 is 19.7 Å². The molecular formula is C29H26Cl2N2O4. The maximum Gasteiger partial charge on any atom is 0.336 e. The fraction of sp³-hybridized carbons (Fsp3) is 0.172. The van der Waals surface area contributed by atoms with Gasteiger partial charge in [-0.3, -0.25) is 4.79 Å². The Kier molecular flexibility index (Phi) is 8.21. The number of carboxylic acid groups (broad SMARTS) is 1. The summed E-state index contributed by atoms with van der Waals surface area (Å²) in [4.78, 5) is 24.1. The molecule has 1 heterocycles. The minimum Gasteiger partial charge on any atom is -0.484 e. The molecule has 0 unspecified atom stereocenters. The Labute approximate surface area is 225 Å². The number of hydrogen-bond donors (Lipinski definition) is 2. The molecule has 0 aliphatic carbocycles. The van der Waals surface area contributed by atoms with Gasteiger partial charge in [-0.15, -0.1) is 0 Å². The van der Waals surface area contributed by atoms with E-state index in [9.17, 15) is 14.7 Å². The van der Waals surface area contributed by atoms with Crippen LogP contribution in [-0.2, 0) is 17.8 Å². The second-order valence-corrected chi connectivity index (χ2v) is 9.71. The topological polar surface area (TPSA) is 80.6 Å². The minimum atomic E-state index is -0.953. The summed E-state index contributed by atoms with van der Waals surface area (Å²) in [6.07, 6.45) is 4.90. The number of rotatable bonds is 9. The van der Waals surface area contributed by atoms with Crippen molar-refractivity contribution in [2.75, 3.05) is 11.9 Å². The van der Waals surface area contributed by atoms with Crippen LogP contribution in [0.3, 0.4) is 0 Å². The van der Waals surface area contributed by atoms with Gasteiger partial charge in [-0.2, -0.15) is 0 Å². The highest BCUT2D eigenvalue weighted by atomic mass is 35.5. The van der Waals surface area contributed by atoms with Crippen LogP contribution in [0.2, 0.25) is 10.0 Å². The van der Waals surface area contributed by atoms with E-state index in [1.165, 1.54) is 5.57 Å². The standard InChI is InChI=1S/C29H26Cl2N2O4/c1-18(2)7-8-20-16-33(15-19-5-3-4-6-23(19)29(35)36)27-12-10-22(14-24(20)27)37-17-28(34)32-26-11-9-21(30)13-25(26)31/h3-7,9-14,16H,8,15,17H2,1-2H3,(H,32,34)(H,35,36). The lowest BCUT2D eigenvalue weighted by Crippen LogP contribution is -2.20. The molecule has 0 aliphatic rings. The summed E-state index contributed by atoms with van der Waals surface area (Å²) in [5.41, 5.74) is 4.68. The van der Waals surface area contributed by atoms with Crippen LogP contribution in [0.1, 0.15) is 35.3 Å². The molecule has 190 valence electrons. The van der Waals surface area contributed by atoms with Gasteiger partial charge in [0.1, 0.15) is 5.75 Å². The molecule has 4 aromatic rings. The van der Waals surface area contributed by atoms with Crippen molar-refractivity contribution >= 4 is 51.7 Å². The van der Waals surface area contributed by atoms with Crippen molar-refractivity contribution in [3.8, 4) is 5.75 Å². The van der Waals surface area contributed by atoms with Gasteiger partial charge in [-0.05, 0) is 73.9 Å². The van der Waals surface area contributed by atoms with E-state index >= 15 is 0 Å². The van der Waals surface area contributed by atoms with Crippen LogP contribution < -0.4 is 10.1 Å². The summed E-state index contributed by atoms with van der Waals surface area (Å²) in [7, 11) is 0. The van der Waals surface area contributed by atoms with Gasteiger partial charge in [0.2, 0.25) is 0 Å². The third-order valence-electron chi connectivity index (χ3n) is 5.83. The maximum atomic E-state index is 12.4. The number of fused-ring (bicyclic) bond motifs is 1. The number of anilines is 1. The number of benzene rings is 3. The molecule has 0 aliphatic heterocycles. The number of amides is 1. The van der Waals surface area contributed by atoms with Crippen LogP contribution in [0, 0.1) is 0 Å². The van der Waals surface area contributed by atoms with E-state index in [4.69, 9.17) is 27.9 Å². The molecule has 37 heavy (non-hydrogen) atoms. The third kappa shape index (κ3) is 6.53. The van der Waals surface area contributed by atoms with Gasteiger partial charge >= 0.3 is 5.97 Å². The fourth-order valence-electron chi connectivity index (χ4n) is 4.02. The summed E-state index contributed by atoms with van der Waals surface area (Å²) < 4.78 is 7.83. The van der Waals surface area contributed by atoms with Crippen molar-refractivity contribution in [2.45, 2.75) is 26.8 Å². The Morgan fingerprint density at radius 1 is 1.03 bits per heavy atom. The average molecular weight is 537 g/mol. The van der Waals surface area contributed by atoms with E-state index in [2.05, 4.69) is 11.4 Å². The molecule has 0 bridgehead atoms. The lowest BCUT2D eigenvalue weighted by molar-refractivity contribution is -0.118. The molecule has 0 fully saturated rings. The Bertz CT molecular complexity index is 1500. The number of ether oxygens (including phenoxy) is 1. The first-order valence-corrected chi connectivity index (χ1v) is 12.4. The summed E-state index contributed by atoms with van der Waals surface area (Å²) >= 11 is 12.0. The number of carbonyl (C=O) groups excluding carboxylic acids is 1. The zero-order valence-corrected chi connectivity index (χ0v) is 21.9. The molecule has 2 N–H and O–H groups in total. The zero-order chi connectivity index (χ0) is 26.5. The number of halogens is 2. The van der Waals surface area contributed by atoms with Gasteiger partial charge in [-0.25, -0.2) is 4.79 Å². The number of aromatic nitrogens is 1. The van der Waals surface area contributed by atoms with Crippen LogP contribution in [0.5, 0.6) is 5.75 Å². The lowest BCUT2D eigenvalue weighted by Gasteiger charge is -2.11. The molecule has 6 nitrogen and oxygen atoms in total. The number of aromatic carboxylic acids is 1. The van der Waals surface area contributed by atoms with Crippen molar-refractivity contribution in [3.63, 3.8) is 0 Å². The van der Waals surface area contributed by atoms with Crippen LogP contribution in [0.15, 0.2) is 78.5 Å². The molecule has 3 aromatic carbocycles. The molecule has 4 rings (SSSR count). The number of carboxylic acids is 1. The molecular weight excluding hydrogens is 511 g/mol. The van der Waals surface area contributed by atoms with Crippen molar-refractivity contribution in [3.05, 3.63) is 105 Å². The van der Waals surface area contributed by atoms with E-state index < -0.39 is 5.97 Å². The highest BCUT2D eigenvalue weighted by Gasteiger charge is 2.14. The van der Waals surface area contributed by atoms with E-state index in [1.54, 1.807) is 36.4 Å². The molecule has 0 radical (unpaired) electrons. The first-order valence-electron chi connectivity index (χ1n) is 11.7. The van der Waals surface area contributed by atoms with Gasteiger partial charge in [0.05, 0.1) is 16.3 Å². The molecule has 0 atom stereocenters. The summed E-state index contributed by atoms with van der Waals surface area (Å²) in [5.74, 6) is -0.755. The largest absolute Gasteiger partial charge is 0.484 e. The van der Waals surface area contributed by atoms with Gasteiger partial charge in [0.25, 0.3) is 5.91 Å².